The summed E-state index contributed by atoms with van der Waals surface area (Å²) in [5.74, 6) is -0.348. The summed E-state index contributed by atoms with van der Waals surface area (Å²) in [5, 5.41) is 11.6. The lowest BCUT2D eigenvalue weighted by molar-refractivity contribution is -0.142. The first-order valence-electron chi connectivity index (χ1n) is 7.23. The summed E-state index contributed by atoms with van der Waals surface area (Å²) < 4.78 is 5.54. The molecule has 0 spiro atoms. The van der Waals surface area contributed by atoms with Crippen molar-refractivity contribution in [2.24, 2.45) is 5.92 Å². The van der Waals surface area contributed by atoms with Crippen molar-refractivity contribution in [2.75, 3.05) is 6.61 Å². The van der Waals surface area contributed by atoms with Crippen LogP contribution in [0.5, 0.6) is 5.75 Å². The van der Waals surface area contributed by atoms with Gasteiger partial charge in [-0.15, -0.1) is 0 Å². The number of rotatable bonds is 7. The van der Waals surface area contributed by atoms with E-state index < -0.39 is 17.9 Å². The predicted molar refractivity (Wildman–Crippen MR) is 78.3 cm³/mol. The third-order valence-electron chi connectivity index (χ3n) is 3.58. The number of para-hydroxylation sites is 1. The number of ether oxygens (including phenoxy) is 1. The fraction of sp³-hybridized carbons (Fsp3) is 0.500. The number of hydrogen-bond donors (Lipinski definition) is 2. The molecule has 114 valence electrons. The number of amides is 1. The van der Waals surface area contributed by atoms with E-state index in [0.29, 0.717) is 11.7 Å². The molecule has 1 saturated carbocycles. The normalized spacial score (nSPS) is 15.6. The monoisotopic (exact) mass is 291 g/mol. The fourth-order valence-electron chi connectivity index (χ4n) is 2.26. The summed E-state index contributed by atoms with van der Waals surface area (Å²) in [6.07, 6.45) is 1.71. The first-order chi connectivity index (χ1) is 9.99. The molecule has 2 rings (SSSR count). The molecule has 2 N–H and O–H groups in total. The molecule has 5 heteroatoms. The van der Waals surface area contributed by atoms with Gasteiger partial charge < -0.3 is 15.2 Å². The Morgan fingerprint density at radius 1 is 1.33 bits per heavy atom. The number of carboxylic acid groups (broad SMARTS) is 1. The SMILES string of the molecule is CC(C)c1ccccc1OCC(=O)NC(C(=O)O)C1CC1. The van der Waals surface area contributed by atoms with Crippen molar-refractivity contribution in [1.29, 1.82) is 0 Å². The highest BCUT2D eigenvalue weighted by molar-refractivity contribution is 5.84. The van der Waals surface area contributed by atoms with E-state index in [0.717, 1.165) is 18.4 Å². The summed E-state index contributed by atoms with van der Waals surface area (Å²) >= 11 is 0. The van der Waals surface area contributed by atoms with Crippen LogP contribution in [0.15, 0.2) is 24.3 Å². The molecule has 1 aliphatic rings. The maximum absolute atomic E-state index is 11.8. The number of nitrogens with one attached hydrogen (secondary N) is 1. The van der Waals surface area contributed by atoms with Gasteiger partial charge in [-0.1, -0.05) is 32.0 Å². The maximum Gasteiger partial charge on any atom is 0.326 e. The number of aliphatic carboxylic acids is 1. The lowest BCUT2D eigenvalue weighted by Crippen LogP contribution is -2.44. The smallest absolute Gasteiger partial charge is 0.326 e. The van der Waals surface area contributed by atoms with Crippen LogP contribution in [-0.2, 0) is 9.59 Å². The first kappa shape index (κ1) is 15.4. The van der Waals surface area contributed by atoms with Crippen LogP contribution in [0, 0.1) is 5.92 Å². The van der Waals surface area contributed by atoms with Gasteiger partial charge in [0, 0.05) is 0 Å². The summed E-state index contributed by atoms with van der Waals surface area (Å²) in [7, 11) is 0. The Morgan fingerprint density at radius 3 is 2.57 bits per heavy atom. The first-order valence-corrected chi connectivity index (χ1v) is 7.23. The predicted octanol–water partition coefficient (Wildman–Crippen LogP) is 2.17. The Labute approximate surface area is 124 Å². The Bertz CT molecular complexity index is 523. The van der Waals surface area contributed by atoms with E-state index in [2.05, 4.69) is 19.2 Å². The van der Waals surface area contributed by atoms with Crippen molar-refractivity contribution in [3.63, 3.8) is 0 Å². The van der Waals surface area contributed by atoms with E-state index >= 15 is 0 Å². The molecule has 0 aliphatic heterocycles. The van der Waals surface area contributed by atoms with Gasteiger partial charge in [-0.25, -0.2) is 4.79 Å². The zero-order valence-corrected chi connectivity index (χ0v) is 12.3. The van der Waals surface area contributed by atoms with Gasteiger partial charge in [0.1, 0.15) is 11.8 Å². The third-order valence-corrected chi connectivity index (χ3v) is 3.58. The highest BCUT2D eigenvalue weighted by Gasteiger charge is 2.37. The number of carbonyl (C=O) groups is 2. The second-order valence-electron chi connectivity index (χ2n) is 5.70. The van der Waals surface area contributed by atoms with E-state index in [1.807, 2.05) is 24.3 Å². The molecule has 1 aromatic rings. The van der Waals surface area contributed by atoms with Crippen molar-refractivity contribution < 1.29 is 19.4 Å². The van der Waals surface area contributed by atoms with Crippen LogP contribution in [0.2, 0.25) is 0 Å². The van der Waals surface area contributed by atoms with Crippen LogP contribution in [0.25, 0.3) is 0 Å². The lowest BCUT2D eigenvalue weighted by atomic mass is 10.0. The van der Waals surface area contributed by atoms with E-state index in [1.165, 1.54) is 0 Å². The van der Waals surface area contributed by atoms with Crippen molar-refractivity contribution in [2.45, 2.75) is 38.6 Å². The van der Waals surface area contributed by atoms with Crippen LogP contribution < -0.4 is 10.1 Å². The van der Waals surface area contributed by atoms with E-state index in [1.54, 1.807) is 0 Å². The Balaban J connectivity index is 1.90. The number of hydrogen-bond acceptors (Lipinski definition) is 3. The average Bonchev–Trinajstić information content (AvgIpc) is 3.26. The zero-order chi connectivity index (χ0) is 15.4. The Morgan fingerprint density at radius 2 is 2.00 bits per heavy atom. The van der Waals surface area contributed by atoms with Crippen molar-refractivity contribution >= 4 is 11.9 Å². The largest absolute Gasteiger partial charge is 0.483 e. The maximum atomic E-state index is 11.8. The Hall–Kier alpha value is -2.04. The molecule has 1 aromatic carbocycles. The summed E-state index contributed by atoms with van der Waals surface area (Å²) in [5.41, 5.74) is 1.03. The van der Waals surface area contributed by atoms with Crippen LogP contribution in [-0.4, -0.2) is 29.6 Å². The summed E-state index contributed by atoms with van der Waals surface area (Å²) in [4.78, 5) is 22.9. The topological polar surface area (TPSA) is 75.6 Å². The molecule has 0 aromatic heterocycles. The molecule has 1 aliphatic carbocycles. The molecular formula is C16H21NO4. The van der Waals surface area contributed by atoms with Crippen LogP contribution >= 0.6 is 0 Å². The minimum Gasteiger partial charge on any atom is -0.483 e. The number of benzene rings is 1. The van der Waals surface area contributed by atoms with Gasteiger partial charge >= 0.3 is 5.97 Å². The number of carboxylic acids is 1. The molecule has 0 saturated heterocycles. The molecule has 0 heterocycles. The van der Waals surface area contributed by atoms with Crippen molar-refractivity contribution in [1.82, 2.24) is 5.32 Å². The third kappa shape index (κ3) is 4.21. The molecule has 1 amide bonds. The van der Waals surface area contributed by atoms with Gasteiger partial charge in [0.2, 0.25) is 0 Å². The van der Waals surface area contributed by atoms with Crippen LogP contribution in [0.1, 0.15) is 38.2 Å². The average molecular weight is 291 g/mol. The van der Waals surface area contributed by atoms with Gasteiger partial charge in [-0.3, -0.25) is 4.79 Å². The summed E-state index contributed by atoms with van der Waals surface area (Å²) in [6.45, 7) is 3.94. The van der Waals surface area contributed by atoms with E-state index in [4.69, 9.17) is 9.84 Å². The second-order valence-corrected chi connectivity index (χ2v) is 5.70. The van der Waals surface area contributed by atoms with Gasteiger partial charge in [-0.2, -0.15) is 0 Å². The number of carbonyl (C=O) groups excluding carboxylic acids is 1. The molecule has 0 radical (unpaired) electrons. The molecule has 1 unspecified atom stereocenters. The lowest BCUT2D eigenvalue weighted by Gasteiger charge is -2.16. The molecule has 1 atom stereocenters. The minimum atomic E-state index is -0.978. The molecule has 5 nitrogen and oxygen atoms in total. The van der Waals surface area contributed by atoms with Crippen LogP contribution in [0.3, 0.4) is 0 Å². The highest BCUT2D eigenvalue weighted by Crippen LogP contribution is 2.32. The Kier molecular flexibility index (Phi) is 4.83. The van der Waals surface area contributed by atoms with Crippen molar-refractivity contribution in [3.05, 3.63) is 29.8 Å². The van der Waals surface area contributed by atoms with Gasteiger partial charge in [0.25, 0.3) is 5.91 Å². The molecule has 21 heavy (non-hydrogen) atoms. The van der Waals surface area contributed by atoms with Gasteiger partial charge in [0.15, 0.2) is 6.61 Å². The minimum absolute atomic E-state index is 0.0643. The second kappa shape index (κ2) is 6.61. The fourth-order valence-corrected chi connectivity index (χ4v) is 2.26. The summed E-state index contributed by atoms with van der Waals surface area (Å²) in [6, 6.07) is 6.76. The zero-order valence-electron chi connectivity index (χ0n) is 12.3. The van der Waals surface area contributed by atoms with E-state index in [9.17, 15) is 9.59 Å². The van der Waals surface area contributed by atoms with E-state index in [-0.39, 0.29) is 12.5 Å². The van der Waals surface area contributed by atoms with Gasteiger partial charge in [-0.05, 0) is 36.3 Å². The quantitative estimate of drug-likeness (QED) is 0.807. The van der Waals surface area contributed by atoms with Crippen LogP contribution in [0.4, 0.5) is 0 Å². The molecule has 0 bridgehead atoms. The van der Waals surface area contributed by atoms with Gasteiger partial charge in [0.05, 0.1) is 0 Å². The standard InChI is InChI=1S/C16H21NO4/c1-10(2)12-5-3-4-6-13(12)21-9-14(18)17-15(16(19)20)11-7-8-11/h3-6,10-11,15H,7-9H2,1-2H3,(H,17,18)(H,19,20). The van der Waals surface area contributed by atoms with Crippen molar-refractivity contribution in [3.8, 4) is 5.75 Å². The molecule has 1 fully saturated rings. The highest BCUT2D eigenvalue weighted by atomic mass is 16.5. The molecular weight excluding hydrogens is 270 g/mol.